The highest BCUT2D eigenvalue weighted by atomic mass is 32.1. The summed E-state index contributed by atoms with van der Waals surface area (Å²) >= 11 is 8.88. The first-order valence-corrected chi connectivity index (χ1v) is 23.8. The lowest BCUT2D eigenvalue weighted by Gasteiger charge is -2.44. The summed E-state index contributed by atoms with van der Waals surface area (Å²) in [5.41, 5.74) is 1.95. The molecule has 0 fully saturated rings. The maximum Gasteiger partial charge on any atom is 0.388 e. The normalized spacial score (nSPS) is 14.6. The molecule has 34 heavy (non-hydrogen) atoms. The molecule has 0 saturated heterocycles. The van der Waals surface area contributed by atoms with Crippen molar-refractivity contribution in [2.75, 3.05) is 11.5 Å². The monoisotopic (exact) mass is 566 g/mol. The van der Waals surface area contributed by atoms with Crippen molar-refractivity contribution in [1.82, 2.24) is 0 Å². The van der Waals surface area contributed by atoms with Gasteiger partial charge in [0.25, 0.3) is 0 Å². The predicted octanol–water partition coefficient (Wildman–Crippen LogP) is 6.14. The Morgan fingerprint density at radius 3 is 1.47 bits per heavy atom. The maximum absolute atomic E-state index is 7.33. The summed E-state index contributed by atoms with van der Waals surface area (Å²) in [6.45, 7) is 15.5. The van der Waals surface area contributed by atoms with E-state index in [0.29, 0.717) is 0 Å². The van der Waals surface area contributed by atoms with Crippen molar-refractivity contribution >= 4 is 69.4 Å². The van der Waals surface area contributed by atoms with Crippen LogP contribution >= 0.6 is 25.3 Å². The molecule has 0 heterocycles. The average Bonchev–Trinajstić information content (AvgIpc) is 2.81. The third-order valence-corrected chi connectivity index (χ3v) is 22.4. The average molecular weight is 567 g/mol. The molecule has 0 aliphatic rings. The van der Waals surface area contributed by atoms with Crippen LogP contribution < -0.4 is 10.4 Å². The van der Waals surface area contributed by atoms with Crippen LogP contribution in [-0.4, -0.2) is 45.3 Å². The smallest absolute Gasteiger partial charge is 0.388 e. The van der Waals surface area contributed by atoms with Crippen molar-refractivity contribution in [3.8, 4) is 0 Å². The number of hydrogen-bond donors (Lipinski definition) is 2. The quantitative estimate of drug-likeness (QED) is 0.200. The minimum absolute atomic E-state index is 0.860. The molecule has 0 aliphatic heterocycles. The Balaban J connectivity index is 2.64. The highest BCUT2D eigenvalue weighted by Gasteiger charge is 2.52. The van der Waals surface area contributed by atoms with Crippen LogP contribution in [0.25, 0.3) is 0 Å². The van der Waals surface area contributed by atoms with Crippen molar-refractivity contribution < 1.29 is 12.3 Å². The van der Waals surface area contributed by atoms with Crippen molar-refractivity contribution in [2.45, 2.75) is 57.7 Å². The molecule has 0 amide bonds. The Morgan fingerprint density at radius 2 is 1.09 bits per heavy atom. The molecule has 0 aromatic heterocycles. The third kappa shape index (κ3) is 8.63. The summed E-state index contributed by atoms with van der Waals surface area (Å²) < 4.78 is 21.6. The summed E-state index contributed by atoms with van der Waals surface area (Å²) in [4.78, 5) is 0. The maximum atomic E-state index is 7.33. The Hall–Kier alpha value is -0.372. The van der Waals surface area contributed by atoms with Crippen molar-refractivity contribution in [2.24, 2.45) is 0 Å². The zero-order chi connectivity index (χ0) is 25.3. The second kappa shape index (κ2) is 13.3. The Morgan fingerprint density at radius 1 is 0.676 bits per heavy atom. The van der Waals surface area contributed by atoms with E-state index in [9.17, 15) is 0 Å². The lowest BCUT2D eigenvalue weighted by atomic mass is 10.4. The molecule has 2 aromatic carbocycles. The van der Waals surface area contributed by atoms with Gasteiger partial charge in [-0.05, 0) is 79.5 Å². The summed E-state index contributed by atoms with van der Waals surface area (Å²) in [6, 6.07) is 23.1. The molecule has 1 atom stereocenters. The SMILES string of the molecule is C=C[Si](C)(O[Si](C)(C)CCCS)O[Si](O[Si](C)(C)CCCS)(c1ccccc1)c1ccccc1. The zero-order valence-corrected chi connectivity index (χ0v) is 27.2. The second-order valence-electron chi connectivity index (χ2n) is 10.0. The van der Waals surface area contributed by atoms with Gasteiger partial charge >= 0.3 is 17.1 Å². The highest BCUT2D eigenvalue weighted by Crippen LogP contribution is 2.28. The van der Waals surface area contributed by atoms with Crippen LogP contribution in [0.3, 0.4) is 0 Å². The first-order chi connectivity index (χ1) is 16.0. The second-order valence-corrected chi connectivity index (χ2v) is 26.3. The van der Waals surface area contributed by atoms with Crippen LogP contribution in [-0.2, 0) is 12.3 Å². The van der Waals surface area contributed by atoms with Gasteiger partial charge in [0.2, 0.25) is 0 Å². The van der Waals surface area contributed by atoms with Gasteiger partial charge in [0.1, 0.15) is 0 Å². The van der Waals surface area contributed by atoms with Crippen molar-refractivity contribution in [3.05, 3.63) is 72.9 Å². The first kappa shape index (κ1) is 29.9. The number of thiol groups is 2. The van der Waals surface area contributed by atoms with Gasteiger partial charge < -0.3 is 12.3 Å². The largest absolute Gasteiger partial charge is 0.433 e. The molecule has 2 rings (SSSR count). The van der Waals surface area contributed by atoms with Gasteiger partial charge in [-0.15, -0.1) is 6.58 Å². The molecular formula is C25H42O3S2Si4. The highest BCUT2D eigenvalue weighted by molar-refractivity contribution is 7.80. The molecule has 0 aliphatic carbocycles. The summed E-state index contributed by atoms with van der Waals surface area (Å²) in [7, 11) is -9.98. The lowest BCUT2D eigenvalue weighted by molar-refractivity contribution is 0.344. The predicted molar refractivity (Wildman–Crippen MR) is 164 cm³/mol. The molecule has 0 bridgehead atoms. The molecule has 0 radical (unpaired) electrons. The minimum Gasteiger partial charge on any atom is -0.433 e. The van der Waals surface area contributed by atoms with E-state index in [1.54, 1.807) is 0 Å². The first-order valence-electron chi connectivity index (χ1n) is 12.1. The molecule has 188 valence electrons. The van der Waals surface area contributed by atoms with Gasteiger partial charge in [-0.25, -0.2) is 0 Å². The standard InChI is InChI=1S/C25H42O3S2Si4/c1-7-33(6,26-31(2,3)22-14-20-29)28-34(24-16-10-8-11-17-24,25-18-12-9-13-19-25)27-32(4,5)23-15-21-30/h7-13,16-19,29-30H,1,14-15,20-23H2,2-6H3. The van der Waals surface area contributed by atoms with E-state index < -0.39 is 33.8 Å². The zero-order valence-electron chi connectivity index (χ0n) is 21.4. The molecule has 0 spiro atoms. The summed E-state index contributed by atoms with van der Waals surface area (Å²) in [5, 5.41) is 2.23. The fourth-order valence-corrected chi connectivity index (χ4v) is 23.0. The Labute approximate surface area is 222 Å². The van der Waals surface area contributed by atoms with Crippen molar-refractivity contribution in [3.63, 3.8) is 0 Å². The van der Waals surface area contributed by atoms with Crippen LogP contribution in [0.2, 0.25) is 44.8 Å². The van der Waals surface area contributed by atoms with E-state index in [1.165, 1.54) is 0 Å². The minimum atomic E-state index is -3.11. The topological polar surface area (TPSA) is 27.7 Å². The van der Waals surface area contributed by atoms with Crippen LogP contribution in [0.1, 0.15) is 12.8 Å². The van der Waals surface area contributed by atoms with Gasteiger partial charge in [-0.1, -0.05) is 66.4 Å². The van der Waals surface area contributed by atoms with Crippen molar-refractivity contribution in [1.29, 1.82) is 0 Å². The van der Waals surface area contributed by atoms with Gasteiger partial charge in [-0.3, -0.25) is 0 Å². The van der Waals surface area contributed by atoms with E-state index in [0.717, 1.165) is 46.8 Å². The molecule has 2 aromatic rings. The fourth-order valence-electron chi connectivity index (χ4n) is 4.18. The summed E-state index contributed by atoms with van der Waals surface area (Å²) in [5.74, 6) is 1.73. The van der Waals surface area contributed by atoms with Gasteiger partial charge in [0, 0.05) is 0 Å². The molecule has 9 heteroatoms. The van der Waals surface area contributed by atoms with Crippen LogP contribution in [0.15, 0.2) is 72.9 Å². The molecule has 0 N–H and O–H groups in total. The van der Waals surface area contributed by atoms with E-state index >= 15 is 0 Å². The molecule has 1 unspecified atom stereocenters. The lowest BCUT2D eigenvalue weighted by Crippen LogP contribution is -2.71. The number of benzene rings is 2. The van der Waals surface area contributed by atoms with E-state index in [2.05, 4.69) is 113 Å². The van der Waals surface area contributed by atoms with Crippen LogP contribution in [0.5, 0.6) is 0 Å². The molecule has 3 nitrogen and oxygen atoms in total. The third-order valence-electron chi connectivity index (χ3n) is 5.80. The fraction of sp³-hybridized carbons (Fsp3) is 0.440. The number of rotatable bonds is 15. The van der Waals surface area contributed by atoms with Crippen LogP contribution in [0.4, 0.5) is 0 Å². The number of hydrogen-bond acceptors (Lipinski definition) is 5. The Bertz CT molecular complexity index is 845. The van der Waals surface area contributed by atoms with E-state index in [-0.39, 0.29) is 0 Å². The van der Waals surface area contributed by atoms with Gasteiger partial charge in [-0.2, -0.15) is 25.3 Å². The van der Waals surface area contributed by atoms with Gasteiger partial charge in [0.05, 0.1) is 0 Å². The molecular weight excluding hydrogens is 525 g/mol. The van der Waals surface area contributed by atoms with Crippen LogP contribution in [0, 0.1) is 0 Å². The Kier molecular flexibility index (Phi) is 11.6. The summed E-state index contributed by atoms with van der Waals surface area (Å²) in [6.07, 6.45) is 2.08. The van der Waals surface area contributed by atoms with Gasteiger partial charge in [0.15, 0.2) is 16.6 Å². The van der Waals surface area contributed by atoms with E-state index in [4.69, 9.17) is 12.3 Å². The van der Waals surface area contributed by atoms with E-state index in [1.807, 2.05) is 17.8 Å². The molecule has 0 saturated carbocycles.